The van der Waals surface area contributed by atoms with Crippen molar-refractivity contribution >= 4 is 23.4 Å². The average Bonchev–Trinajstić information content (AvgIpc) is 2.61. The van der Waals surface area contributed by atoms with Crippen LogP contribution in [-0.2, 0) is 11.0 Å². The minimum Gasteiger partial charge on any atom is -0.339 e. The first kappa shape index (κ1) is 17.9. The Morgan fingerprint density at radius 1 is 1.15 bits per heavy atom. The van der Waals surface area contributed by atoms with Crippen molar-refractivity contribution in [2.75, 3.05) is 36.4 Å². The maximum Gasteiger partial charge on any atom is 0.418 e. The molecule has 0 unspecified atom stereocenters. The topological polar surface area (TPSA) is 74.2 Å². The van der Waals surface area contributed by atoms with Crippen molar-refractivity contribution in [3.8, 4) is 0 Å². The number of alkyl halides is 3. The predicted molar refractivity (Wildman–Crippen MR) is 89.0 cm³/mol. The zero-order valence-electron chi connectivity index (χ0n) is 14.0. The predicted octanol–water partition coefficient (Wildman–Crippen LogP) is 2.30. The Hall–Kier alpha value is -2.91. The summed E-state index contributed by atoms with van der Waals surface area (Å²) in [6.45, 7) is 3.64. The molecule has 2 heterocycles. The average molecular weight is 366 g/mol. The molecule has 0 radical (unpaired) electrons. The second-order valence-corrected chi connectivity index (χ2v) is 5.80. The molecule has 2 aromatic rings. The molecule has 1 aromatic heterocycles. The van der Waals surface area contributed by atoms with Crippen LogP contribution in [0.1, 0.15) is 12.5 Å². The number of hydrogen-bond donors (Lipinski definition) is 1. The van der Waals surface area contributed by atoms with E-state index in [0.29, 0.717) is 32.1 Å². The van der Waals surface area contributed by atoms with Crippen LogP contribution in [0.25, 0.3) is 0 Å². The maximum absolute atomic E-state index is 13.1. The zero-order chi connectivity index (χ0) is 18.7. The van der Waals surface area contributed by atoms with E-state index in [2.05, 4.69) is 20.5 Å². The maximum atomic E-state index is 13.1. The van der Waals surface area contributed by atoms with Gasteiger partial charge in [-0.25, -0.2) is 0 Å². The number of anilines is 3. The number of amides is 1. The lowest BCUT2D eigenvalue weighted by Gasteiger charge is -2.33. The van der Waals surface area contributed by atoms with Crippen molar-refractivity contribution in [1.82, 2.24) is 20.1 Å². The number of halogens is 3. The van der Waals surface area contributed by atoms with Gasteiger partial charge in [-0.2, -0.15) is 23.3 Å². The summed E-state index contributed by atoms with van der Waals surface area (Å²) in [6, 6.07) is 5.16. The van der Waals surface area contributed by atoms with Crippen LogP contribution in [0, 0.1) is 0 Å². The highest BCUT2D eigenvalue weighted by Crippen LogP contribution is 2.35. The molecule has 26 heavy (non-hydrogen) atoms. The third-order valence-corrected chi connectivity index (χ3v) is 4.05. The highest BCUT2D eigenvalue weighted by molar-refractivity contribution is 5.73. The lowest BCUT2D eigenvalue weighted by molar-refractivity contribution is -0.137. The van der Waals surface area contributed by atoms with Gasteiger partial charge in [0.15, 0.2) is 5.82 Å². The zero-order valence-corrected chi connectivity index (χ0v) is 14.0. The Morgan fingerprint density at radius 2 is 1.85 bits per heavy atom. The van der Waals surface area contributed by atoms with Crippen LogP contribution in [0.5, 0.6) is 0 Å². The van der Waals surface area contributed by atoms with Gasteiger partial charge in [0.25, 0.3) is 0 Å². The monoisotopic (exact) mass is 366 g/mol. The minimum absolute atomic E-state index is 0.00266. The van der Waals surface area contributed by atoms with E-state index in [1.54, 1.807) is 4.90 Å². The van der Waals surface area contributed by atoms with Gasteiger partial charge in [-0.3, -0.25) is 4.79 Å². The van der Waals surface area contributed by atoms with Crippen LogP contribution < -0.4 is 10.2 Å². The summed E-state index contributed by atoms with van der Waals surface area (Å²) in [5.41, 5.74) is -0.886. The molecule has 1 aromatic carbocycles. The Kier molecular flexibility index (Phi) is 4.92. The molecule has 3 rings (SSSR count). The van der Waals surface area contributed by atoms with E-state index >= 15 is 0 Å². The molecular formula is C16H17F3N6O. The normalized spacial score (nSPS) is 15.1. The number of para-hydroxylation sites is 1. The highest BCUT2D eigenvalue weighted by Gasteiger charge is 2.33. The van der Waals surface area contributed by atoms with Crippen LogP contribution in [0.4, 0.5) is 30.6 Å². The number of piperazine rings is 1. The number of nitrogens with one attached hydrogen (secondary N) is 1. The summed E-state index contributed by atoms with van der Waals surface area (Å²) >= 11 is 0. The van der Waals surface area contributed by atoms with Gasteiger partial charge in [-0.05, 0) is 12.1 Å². The van der Waals surface area contributed by atoms with Crippen LogP contribution in [0.2, 0.25) is 0 Å². The summed E-state index contributed by atoms with van der Waals surface area (Å²) in [6.07, 6.45) is -3.21. The smallest absolute Gasteiger partial charge is 0.339 e. The van der Waals surface area contributed by atoms with E-state index in [1.807, 2.05) is 4.90 Å². The molecule has 1 amide bonds. The summed E-state index contributed by atoms with van der Waals surface area (Å²) in [4.78, 5) is 19.2. The van der Waals surface area contributed by atoms with Crippen molar-refractivity contribution in [2.45, 2.75) is 13.1 Å². The molecule has 10 heteroatoms. The largest absolute Gasteiger partial charge is 0.418 e. The van der Waals surface area contributed by atoms with Gasteiger partial charge in [0, 0.05) is 33.1 Å². The molecule has 0 spiro atoms. The van der Waals surface area contributed by atoms with E-state index in [-0.39, 0.29) is 17.4 Å². The first-order valence-electron chi connectivity index (χ1n) is 7.98. The Morgan fingerprint density at radius 3 is 2.50 bits per heavy atom. The SMILES string of the molecule is CC(=O)N1CCN(c2nncc(Nc3ccccc3C(F)(F)F)n2)CC1. The molecule has 1 N–H and O–H groups in total. The van der Waals surface area contributed by atoms with E-state index in [1.165, 1.54) is 31.3 Å². The van der Waals surface area contributed by atoms with E-state index < -0.39 is 11.7 Å². The van der Waals surface area contributed by atoms with Crippen LogP contribution in [-0.4, -0.2) is 52.2 Å². The molecule has 1 aliphatic heterocycles. The summed E-state index contributed by atoms with van der Waals surface area (Å²) in [5, 5.41) is 10.4. The van der Waals surface area contributed by atoms with E-state index in [4.69, 9.17) is 0 Å². The fraction of sp³-hybridized carbons (Fsp3) is 0.375. The number of carbonyl (C=O) groups excluding carboxylic acids is 1. The van der Waals surface area contributed by atoms with Gasteiger partial charge in [0.2, 0.25) is 11.9 Å². The second-order valence-electron chi connectivity index (χ2n) is 5.80. The summed E-state index contributed by atoms with van der Waals surface area (Å²) in [7, 11) is 0. The van der Waals surface area contributed by atoms with Crippen molar-refractivity contribution in [3.63, 3.8) is 0 Å². The molecule has 0 aliphatic carbocycles. The fourth-order valence-electron chi connectivity index (χ4n) is 2.69. The molecule has 138 valence electrons. The van der Waals surface area contributed by atoms with Gasteiger partial charge >= 0.3 is 6.18 Å². The quantitative estimate of drug-likeness (QED) is 0.899. The molecule has 0 saturated carbocycles. The molecule has 7 nitrogen and oxygen atoms in total. The number of benzene rings is 1. The summed E-state index contributed by atoms with van der Waals surface area (Å²) in [5.74, 6) is 0.478. The standard InChI is InChI=1S/C16H17F3N6O/c1-11(26)24-6-8-25(9-7-24)15-22-14(10-20-23-15)21-13-5-3-2-4-12(13)16(17,18)19/h2-5,10H,6-9H2,1H3,(H,21,22,23). The van der Waals surface area contributed by atoms with Crippen molar-refractivity contribution in [3.05, 3.63) is 36.0 Å². The van der Waals surface area contributed by atoms with E-state index in [9.17, 15) is 18.0 Å². The van der Waals surface area contributed by atoms with Crippen molar-refractivity contribution < 1.29 is 18.0 Å². The van der Waals surface area contributed by atoms with Crippen molar-refractivity contribution in [2.24, 2.45) is 0 Å². The van der Waals surface area contributed by atoms with Crippen LogP contribution in [0.3, 0.4) is 0 Å². The third-order valence-electron chi connectivity index (χ3n) is 4.05. The van der Waals surface area contributed by atoms with Gasteiger partial charge in [-0.1, -0.05) is 12.1 Å². The van der Waals surface area contributed by atoms with E-state index in [0.717, 1.165) is 6.07 Å². The lowest BCUT2D eigenvalue weighted by atomic mass is 10.1. The molecular weight excluding hydrogens is 349 g/mol. The Bertz CT molecular complexity index is 790. The number of aromatic nitrogens is 3. The molecule has 1 fully saturated rings. The van der Waals surface area contributed by atoms with Crippen molar-refractivity contribution in [1.29, 1.82) is 0 Å². The number of carbonyl (C=O) groups is 1. The second kappa shape index (κ2) is 7.14. The number of hydrogen-bond acceptors (Lipinski definition) is 6. The Labute approximate surface area is 147 Å². The van der Waals surface area contributed by atoms with Gasteiger partial charge in [0.1, 0.15) is 0 Å². The highest BCUT2D eigenvalue weighted by atomic mass is 19.4. The van der Waals surface area contributed by atoms with Gasteiger partial charge < -0.3 is 15.1 Å². The third kappa shape index (κ3) is 4.01. The molecule has 0 bridgehead atoms. The van der Waals surface area contributed by atoms with Gasteiger partial charge in [-0.15, -0.1) is 5.10 Å². The number of nitrogens with zero attached hydrogens (tertiary/aromatic N) is 5. The Balaban J connectivity index is 1.76. The van der Waals surface area contributed by atoms with Crippen LogP contribution >= 0.6 is 0 Å². The molecule has 1 aliphatic rings. The van der Waals surface area contributed by atoms with Crippen LogP contribution in [0.15, 0.2) is 30.5 Å². The minimum atomic E-state index is -4.48. The fourth-order valence-corrected chi connectivity index (χ4v) is 2.69. The lowest BCUT2D eigenvalue weighted by Crippen LogP contribution is -2.48. The number of rotatable bonds is 3. The first-order valence-corrected chi connectivity index (χ1v) is 7.98. The molecule has 1 saturated heterocycles. The summed E-state index contributed by atoms with van der Waals surface area (Å²) < 4.78 is 39.3. The molecule has 0 atom stereocenters. The van der Waals surface area contributed by atoms with Gasteiger partial charge in [0.05, 0.1) is 17.4 Å². The first-order chi connectivity index (χ1) is 12.3.